The first-order valence-electron chi connectivity index (χ1n) is 13.8. The molecule has 3 aliphatic heterocycles. The summed E-state index contributed by atoms with van der Waals surface area (Å²) in [6, 6.07) is 0. The Kier molecular flexibility index (Phi) is 8.30. The van der Waals surface area contributed by atoms with Crippen LogP contribution in [0.4, 0.5) is 5.95 Å². The van der Waals surface area contributed by atoms with E-state index >= 15 is 0 Å². The van der Waals surface area contributed by atoms with Gasteiger partial charge in [0.05, 0.1) is 32.8 Å². The lowest BCUT2D eigenvalue weighted by Crippen LogP contribution is -2.56. The summed E-state index contributed by atoms with van der Waals surface area (Å²) in [5.41, 5.74) is 4.30. The summed E-state index contributed by atoms with van der Waals surface area (Å²) >= 11 is 0. The normalized spacial score (nSPS) is 33.8. The Morgan fingerprint density at radius 2 is 2.05 bits per heavy atom. The fourth-order valence-electron chi connectivity index (χ4n) is 5.13. The van der Waals surface area contributed by atoms with Crippen molar-refractivity contribution in [2.24, 2.45) is 5.41 Å². The van der Waals surface area contributed by atoms with Crippen molar-refractivity contribution in [1.29, 1.82) is 0 Å². The molecule has 0 spiro atoms. The summed E-state index contributed by atoms with van der Waals surface area (Å²) in [5.74, 6) is -0.968. The third-order valence-electron chi connectivity index (χ3n) is 7.31. The van der Waals surface area contributed by atoms with E-state index in [2.05, 4.69) is 20.3 Å². The molecular formula is C25H39N6O10P. The number of aromatic nitrogens is 4. The molecule has 16 nitrogen and oxygen atoms in total. The van der Waals surface area contributed by atoms with E-state index in [1.54, 1.807) is 20.8 Å². The number of carbonyl (C=O) groups excluding carboxylic acids is 1. The molecule has 2 aromatic rings. The van der Waals surface area contributed by atoms with Crippen molar-refractivity contribution < 1.29 is 47.0 Å². The zero-order chi connectivity index (χ0) is 30.5. The highest BCUT2D eigenvalue weighted by Crippen LogP contribution is 2.59. The largest absolute Gasteiger partial charge is 0.476 e. The lowest BCUT2D eigenvalue weighted by molar-refractivity contribution is -0.304. The molecule has 5 rings (SSSR count). The number of imidazole rings is 1. The van der Waals surface area contributed by atoms with Gasteiger partial charge in [-0.1, -0.05) is 13.8 Å². The Morgan fingerprint density at radius 3 is 2.79 bits per heavy atom. The van der Waals surface area contributed by atoms with Crippen LogP contribution in [0.15, 0.2) is 6.33 Å². The van der Waals surface area contributed by atoms with E-state index in [-0.39, 0.29) is 43.1 Å². The smallest absolute Gasteiger partial charge is 0.475 e. The number of fused-ring (bicyclic) bond motifs is 2. The number of nitrogens with one attached hydrogen (secondary N) is 1. The minimum Gasteiger partial charge on any atom is -0.476 e. The van der Waals surface area contributed by atoms with Gasteiger partial charge in [0.1, 0.15) is 23.9 Å². The Balaban J connectivity index is 1.18. The van der Waals surface area contributed by atoms with Crippen LogP contribution >= 0.6 is 7.82 Å². The van der Waals surface area contributed by atoms with Gasteiger partial charge in [-0.05, 0) is 34.1 Å². The van der Waals surface area contributed by atoms with Crippen LogP contribution in [0.3, 0.4) is 0 Å². The van der Waals surface area contributed by atoms with E-state index in [9.17, 15) is 14.5 Å². The maximum atomic E-state index is 13.3. The van der Waals surface area contributed by atoms with E-state index in [1.807, 2.05) is 13.8 Å². The van der Waals surface area contributed by atoms with E-state index in [4.69, 9.17) is 38.3 Å². The van der Waals surface area contributed by atoms with Gasteiger partial charge in [-0.3, -0.25) is 22.9 Å². The predicted molar refractivity (Wildman–Crippen MR) is 146 cm³/mol. The molecule has 42 heavy (non-hydrogen) atoms. The average Bonchev–Trinajstić information content (AvgIpc) is 3.43. The molecule has 17 heteroatoms. The molecule has 3 fully saturated rings. The molecule has 5 heterocycles. The van der Waals surface area contributed by atoms with Crippen molar-refractivity contribution in [3.05, 3.63) is 6.33 Å². The van der Waals surface area contributed by atoms with Crippen LogP contribution in [0.5, 0.6) is 5.88 Å². The summed E-state index contributed by atoms with van der Waals surface area (Å²) in [4.78, 5) is 25.4. The molecule has 0 aliphatic carbocycles. The van der Waals surface area contributed by atoms with Gasteiger partial charge in [0.2, 0.25) is 17.7 Å². The van der Waals surface area contributed by atoms with Gasteiger partial charge in [-0.15, -0.1) is 0 Å². The molecule has 0 radical (unpaired) electrons. The Hall–Kier alpha value is -2.43. The van der Waals surface area contributed by atoms with Gasteiger partial charge in [0.25, 0.3) is 0 Å². The molecule has 234 valence electrons. The predicted octanol–water partition coefficient (Wildman–Crippen LogP) is 1.68. The molecule has 4 N–H and O–H groups in total. The number of rotatable bonds is 9. The number of nitrogens with zero attached hydrogens (tertiary/aromatic N) is 4. The highest BCUT2D eigenvalue weighted by molar-refractivity contribution is 7.48. The van der Waals surface area contributed by atoms with Crippen LogP contribution in [0, 0.1) is 5.41 Å². The van der Waals surface area contributed by atoms with E-state index in [1.165, 1.54) is 17.8 Å². The number of hydrogen-bond acceptors (Lipinski definition) is 14. The highest BCUT2D eigenvalue weighted by atomic mass is 31.2. The molecule has 1 unspecified atom stereocenters. The first-order chi connectivity index (χ1) is 19.7. The quantitative estimate of drug-likeness (QED) is 0.272. The third-order valence-corrected chi connectivity index (χ3v) is 8.76. The molecule has 2 aromatic heterocycles. The maximum absolute atomic E-state index is 13.3. The summed E-state index contributed by atoms with van der Waals surface area (Å²) in [6.07, 6.45) is -1.79. The number of phosphoric acid groups is 1. The summed E-state index contributed by atoms with van der Waals surface area (Å²) in [6.45, 7) is 11.4. The van der Waals surface area contributed by atoms with Crippen molar-refractivity contribution in [3.8, 4) is 5.88 Å². The van der Waals surface area contributed by atoms with E-state index in [0.29, 0.717) is 25.2 Å². The zero-order valence-corrected chi connectivity index (χ0v) is 25.5. The minimum atomic E-state index is -4.05. The summed E-state index contributed by atoms with van der Waals surface area (Å²) in [5, 5.41) is 14.4. The zero-order valence-electron chi connectivity index (χ0n) is 24.6. The number of hydrogen-bond donors (Lipinski definition) is 3. The SMILES string of the molecule is CCOc1nc(N)nc2c1ncn2[C@@H]1O[C@@H]2COP(=O)(OCCCNC(=O)[C@H]3OC(C)(C)OCC3(C)C)O[C@H]2[C@@]1(C)O. The monoisotopic (exact) mass is 614 g/mol. The molecule has 3 saturated heterocycles. The van der Waals surface area contributed by atoms with Crippen molar-refractivity contribution in [2.75, 3.05) is 38.7 Å². The van der Waals surface area contributed by atoms with Gasteiger partial charge in [0, 0.05) is 12.0 Å². The second kappa shape index (κ2) is 11.2. The second-order valence-electron chi connectivity index (χ2n) is 11.8. The lowest BCUT2D eigenvalue weighted by Gasteiger charge is -2.44. The van der Waals surface area contributed by atoms with Crippen LogP contribution in [-0.2, 0) is 37.1 Å². The fourth-order valence-corrected chi connectivity index (χ4v) is 6.64. The number of nitrogens with two attached hydrogens (primary N) is 1. The highest BCUT2D eigenvalue weighted by Gasteiger charge is 2.60. The van der Waals surface area contributed by atoms with Crippen molar-refractivity contribution in [2.45, 2.75) is 83.9 Å². The number of aliphatic hydroxyl groups is 1. The lowest BCUT2D eigenvalue weighted by atomic mass is 9.85. The van der Waals surface area contributed by atoms with Crippen LogP contribution < -0.4 is 15.8 Å². The third kappa shape index (κ3) is 5.99. The molecule has 3 aliphatic rings. The topological polar surface area (TPSA) is 201 Å². The van der Waals surface area contributed by atoms with Gasteiger partial charge in [-0.25, -0.2) is 9.55 Å². The maximum Gasteiger partial charge on any atom is 0.475 e. The molecule has 6 atom stereocenters. The van der Waals surface area contributed by atoms with Gasteiger partial charge in [-0.2, -0.15) is 9.97 Å². The average molecular weight is 615 g/mol. The molecular weight excluding hydrogens is 575 g/mol. The standard InChI is InChI=1S/C25H39N6O10P/c1-7-35-20-15-18(29-22(26)30-20)31(13-28-15)21-25(6,33)16-14(39-21)11-38-42(34,41-16)37-10-8-9-27-19(32)17-23(2,3)12-36-24(4,5)40-17/h13-14,16-17,21,33H,7-12H2,1-6H3,(H,27,32)(H2,26,29,30)/t14-,16-,17-,21-,25-,42?/m1/s1. The van der Waals surface area contributed by atoms with E-state index < -0.39 is 49.2 Å². The van der Waals surface area contributed by atoms with Crippen LogP contribution in [0.1, 0.15) is 54.2 Å². The Bertz CT molecular complexity index is 1370. The van der Waals surface area contributed by atoms with Crippen molar-refractivity contribution >= 4 is 30.8 Å². The number of carbonyl (C=O) groups is 1. The first kappa shape index (κ1) is 31.0. The fraction of sp³-hybridized carbons (Fsp3) is 0.760. The summed E-state index contributed by atoms with van der Waals surface area (Å²) in [7, 11) is -4.05. The van der Waals surface area contributed by atoms with Gasteiger partial charge >= 0.3 is 7.82 Å². The molecule has 1 amide bonds. The molecule has 0 saturated carbocycles. The number of amides is 1. The molecule has 0 aromatic carbocycles. The minimum absolute atomic E-state index is 0.0343. The van der Waals surface area contributed by atoms with Crippen LogP contribution in [0.2, 0.25) is 0 Å². The summed E-state index contributed by atoms with van der Waals surface area (Å²) < 4.78 is 54.5. The van der Waals surface area contributed by atoms with Gasteiger partial charge in [0.15, 0.2) is 23.2 Å². The number of phosphoric ester groups is 1. The van der Waals surface area contributed by atoms with Crippen molar-refractivity contribution in [3.63, 3.8) is 0 Å². The first-order valence-corrected chi connectivity index (χ1v) is 15.3. The van der Waals surface area contributed by atoms with Gasteiger partial charge < -0.3 is 35.1 Å². The van der Waals surface area contributed by atoms with Crippen molar-refractivity contribution in [1.82, 2.24) is 24.8 Å². The van der Waals surface area contributed by atoms with Crippen LogP contribution in [-0.4, -0.2) is 93.2 Å². The second-order valence-corrected chi connectivity index (χ2v) is 13.4. The number of anilines is 1. The Morgan fingerprint density at radius 1 is 1.29 bits per heavy atom. The molecule has 0 bridgehead atoms. The number of ether oxygens (including phenoxy) is 4. The van der Waals surface area contributed by atoms with Crippen LogP contribution in [0.25, 0.3) is 11.2 Å². The Labute approximate surface area is 243 Å². The number of nitrogen functional groups attached to an aromatic ring is 1. The van der Waals surface area contributed by atoms with E-state index in [0.717, 1.165) is 0 Å².